The summed E-state index contributed by atoms with van der Waals surface area (Å²) in [7, 11) is -1.14. The lowest BCUT2D eigenvalue weighted by molar-refractivity contribution is -0.136. The van der Waals surface area contributed by atoms with Gasteiger partial charge in [0.25, 0.3) is 0 Å². The van der Waals surface area contributed by atoms with E-state index in [1.807, 2.05) is 67.2 Å². The van der Waals surface area contributed by atoms with Crippen molar-refractivity contribution in [1.82, 2.24) is 14.9 Å². The van der Waals surface area contributed by atoms with Crippen LogP contribution in [0.2, 0.25) is 0 Å². The quantitative estimate of drug-likeness (QED) is 0.234. The Balaban J connectivity index is 0.00000293. The molecule has 0 radical (unpaired) electrons. The van der Waals surface area contributed by atoms with Gasteiger partial charge >= 0.3 is 0 Å². The second-order valence-corrected chi connectivity index (χ2v) is 14.5. The highest BCUT2D eigenvalue weighted by atomic mass is 32.2. The van der Waals surface area contributed by atoms with Gasteiger partial charge in [0.05, 0.1) is 11.0 Å². The smallest absolute Gasteiger partial charge is 0.226 e. The van der Waals surface area contributed by atoms with Gasteiger partial charge in [0.2, 0.25) is 11.8 Å². The van der Waals surface area contributed by atoms with Gasteiger partial charge in [0.15, 0.2) is 0 Å². The molecule has 0 aromatic heterocycles. The Kier molecular flexibility index (Phi) is 23.0. The first-order chi connectivity index (χ1) is 22.8. The molecule has 0 aliphatic carbocycles. The van der Waals surface area contributed by atoms with Crippen LogP contribution in [0.4, 0.5) is 5.69 Å². The molecule has 0 bridgehead atoms. The summed E-state index contributed by atoms with van der Waals surface area (Å²) in [5, 5.41) is 3.05. The molecule has 2 N–H and O–H groups in total. The molecule has 0 spiro atoms. The van der Waals surface area contributed by atoms with Crippen molar-refractivity contribution in [1.29, 1.82) is 0 Å². The van der Waals surface area contributed by atoms with Crippen LogP contribution in [0.3, 0.4) is 0 Å². The molecule has 48 heavy (non-hydrogen) atoms. The summed E-state index contributed by atoms with van der Waals surface area (Å²) < 4.78 is 16.2. The minimum atomic E-state index is -1.14. The lowest BCUT2D eigenvalue weighted by Gasteiger charge is -2.40. The average molecular weight is 687 g/mol. The van der Waals surface area contributed by atoms with Crippen LogP contribution in [-0.2, 0) is 20.6 Å². The highest BCUT2D eigenvalue weighted by Gasteiger charge is 2.32. The molecule has 7 nitrogen and oxygen atoms in total. The molecular weight excluding hydrogens is 617 g/mol. The summed E-state index contributed by atoms with van der Waals surface area (Å²) in [6.45, 7) is 31.6. The maximum Gasteiger partial charge on any atom is 0.226 e. The summed E-state index contributed by atoms with van der Waals surface area (Å²) >= 11 is 0. The zero-order valence-electron chi connectivity index (χ0n) is 32.9. The summed E-state index contributed by atoms with van der Waals surface area (Å²) in [4.78, 5) is 30.2. The topological polar surface area (TPSA) is 81.8 Å². The molecule has 1 fully saturated rings. The summed E-state index contributed by atoms with van der Waals surface area (Å²) in [5.41, 5.74) is 5.71. The van der Waals surface area contributed by atoms with Crippen molar-refractivity contribution in [2.45, 2.75) is 127 Å². The summed E-state index contributed by atoms with van der Waals surface area (Å²) in [5.74, 6) is 0.0145. The van der Waals surface area contributed by atoms with Crippen molar-refractivity contribution in [3.63, 3.8) is 0 Å². The van der Waals surface area contributed by atoms with Gasteiger partial charge in [-0.15, -0.1) is 0 Å². The number of carbonyl (C=O) groups is 2. The number of piperazine rings is 1. The standard InChI is InChI=1S/C33H50N4O3S.C3H8.2C2H6/c1-9-31(38)34-21-29(27-13-10-24(6)11-14-27)26(8)33(39)37-18-16-36(17-19-37)30-15-12-25(7)20-28(30)32(22(2)3)35-41(40)23(4)5;1-3-2;2*1-2/h10-15,20,22-23,26,29,32,35H,9,16-19,21H2,1-8H3,(H,34,38);3H2,1-2H3;2*1-2H3/t26-,29?,32?,41?;;;/m0.../s1. The molecule has 1 heterocycles. The van der Waals surface area contributed by atoms with Gasteiger partial charge < -0.3 is 15.1 Å². The van der Waals surface area contributed by atoms with Crippen LogP contribution in [-0.4, -0.2) is 58.9 Å². The lowest BCUT2D eigenvalue weighted by Crippen LogP contribution is -2.51. The van der Waals surface area contributed by atoms with E-state index in [0.717, 1.165) is 29.9 Å². The predicted molar refractivity (Wildman–Crippen MR) is 209 cm³/mol. The molecule has 2 aromatic rings. The predicted octanol–water partition coefficient (Wildman–Crippen LogP) is 8.73. The van der Waals surface area contributed by atoms with Gasteiger partial charge in [-0.05, 0) is 50.8 Å². The van der Waals surface area contributed by atoms with E-state index in [4.69, 9.17) is 0 Å². The number of hydrogen-bond donors (Lipinski definition) is 2. The fourth-order valence-electron chi connectivity index (χ4n) is 5.40. The van der Waals surface area contributed by atoms with E-state index in [2.05, 4.69) is 92.0 Å². The van der Waals surface area contributed by atoms with Crippen molar-refractivity contribution in [3.05, 3.63) is 64.7 Å². The van der Waals surface area contributed by atoms with Gasteiger partial charge in [-0.2, -0.15) is 0 Å². The van der Waals surface area contributed by atoms with E-state index >= 15 is 0 Å². The Morgan fingerprint density at radius 3 is 1.81 bits per heavy atom. The fourth-order valence-corrected chi connectivity index (χ4v) is 6.33. The molecule has 8 heteroatoms. The lowest BCUT2D eigenvalue weighted by atomic mass is 9.85. The maximum absolute atomic E-state index is 13.8. The number of carbonyl (C=O) groups excluding carboxylic acids is 2. The van der Waals surface area contributed by atoms with E-state index in [1.54, 1.807) is 0 Å². The molecule has 2 amide bonds. The number of nitrogens with one attached hydrogen (secondary N) is 2. The number of anilines is 1. The van der Waals surface area contributed by atoms with E-state index in [1.165, 1.54) is 17.5 Å². The number of hydrogen-bond acceptors (Lipinski definition) is 4. The first-order valence-electron chi connectivity index (χ1n) is 18.5. The Labute approximate surface area is 297 Å². The molecular formula is C40H70N4O3S. The Morgan fingerprint density at radius 2 is 1.33 bits per heavy atom. The van der Waals surface area contributed by atoms with Gasteiger partial charge in [-0.1, -0.05) is 123 Å². The van der Waals surface area contributed by atoms with Crippen LogP contribution >= 0.6 is 0 Å². The van der Waals surface area contributed by atoms with Crippen LogP contribution in [0.15, 0.2) is 42.5 Å². The van der Waals surface area contributed by atoms with Gasteiger partial charge in [0.1, 0.15) is 0 Å². The zero-order valence-corrected chi connectivity index (χ0v) is 33.7. The summed E-state index contributed by atoms with van der Waals surface area (Å²) in [6, 6.07) is 14.7. The van der Waals surface area contributed by atoms with Crippen molar-refractivity contribution >= 4 is 28.5 Å². The number of benzene rings is 2. The molecule has 1 aliphatic heterocycles. The Hall–Kier alpha value is -2.71. The van der Waals surface area contributed by atoms with E-state index < -0.39 is 11.0 Å². The number of amides is 2. The molecule has 1 saturated heterocycles. The highest BCUT2D eigenvalue weighted by molar-refractivity contribution is 7.83. The third-order valence-electron chi connectivity index (χ3n) is 8.13. The van der Waals surface area contributed by atoms with Crippen molar-refractivity contribution in [2.75, 3.05) is 37.6 Å². The van der Waals surface area contributed by atoms with Crippen LogP contribution in [0.25, 0.3) is 0 Å². The van der Waals surface area contributed by atoms with Crippen LogP contribution in [0.5, 0.6) is 0 Å². The SMILES string of the molecule is CC.CC.CCC.CCC(=O)NCC(c1ccc(C)cc1)[C@H](C)C(=O)N1CCN(c2ccc(C)cc2C(NS(=O)C(C)C)C(C)C)CC1. The second kappa shape index (κ2) is 24.4. The largest absolute Gasteiger partial charge is 0.368 e. The van der Waals surface area contributed by atoms with E-state index in [9.17, 15) is 13.8 Å². The molecule has 0 saturated carbocycles. The third-order valence-corrected chi connectivity index (χ3v) is 9.47. The fraction of sp³-hybridized carbons (Fsp3) is 0.650. The van der Waals surface area contributed by atoms with Crippen LogP contribution in [0.1, 0.15) is 130 Å². The average Bonchev–Trinajstić information content (AvgIpc) is 3.09. The van der Waals surface area contributed by atoms with Crippen molar-refractivity contribution in [2.24, 2.45) is 11.8 Å². The van der Waals surface area contributed by atoms with Gasteiger partial charge in [0, 0.05) is 68.0 Å². The summed E-state index contributed by atoms with van der Waals surface area (Å²) in [6.07, 6.45) is 1.67. The number of aryl methyl sites for hydroxylation is 2. The van der Waals surface area contributed by atoms with Crippen LogP contribution < -0.4 is 14.9 Å². The number of nitrogens with zero attached hydrogens (tertiary/aromatic N) is 2. The van der Waals surface area contributed by atoms with Gasteiger partial charge in [-0.3, -0.25) is 9.59 Å². The maximum atomic E-state index is 13.8. The molecule has 3 unspecified atom stereocenters. The molecule has 274 valence electrons. The first-order valence-corrected chi connectivity index (χ1v) is 19.7. The Morgan fingerprint density at radius 1 is 0.812 bits per heavy atom. The minimum absolute atomic E-state index is 0.00399. The van der Waals surface area contributed by atoms with E-state index in [-0.39, 0.29) is 40.9 Å². The van der Waals surface area contributed by atoms with Crippen molar-refractivity contribution < 1.29 is 13.8 Å². The normalized spacial score (nSPS) is 15.1. The molecule has 4 atom stereocenters. The monoisotopic (exact) mass is 687 g/mol. The third kappa shape index (κ3) is 14.4. The van der Waals surface area contributed by atoms with Gasteiger partial charge in [-0.25, -0.2) is 8.93 Å². The molecule has 1 aliphatic rings. The Bertz CT molecular complexity index is 1210. The molecule has 2 aromatic carbocycles. The highest BCUT2D eigenvalue weighted by Crippen LogP contribution is 2.34. The zero-order chi connectivity index (χ0) is 37.0. The molecule has 3 rings (SSSR count). The van der Waals surface area contributed by atoms with E-state index in [0.29, 0.717) is 26.1 Å². The second-order valence-electron chi connectivity index (χ2n) is 12.7. The van der Waals surface area contributed by atoms with Crippen LogP contribution in [0, 0.1) is 25.7 Å². The number of rotatable bonds is 12. The minimum Gasteiger partial charge on any atom is -0.368 e. The van der Waals surface area contributed by atoms with Crippen molar-refractivity contribution in [3.8, 4) is 0 Å². The first kappa shape index (κ1) is 45.3.